The molecule has 12 nitrogen and oxygen atoms in total. The van der Waals surface area contributed by atoms with Gasteiger partial charge in [0.15, 0.2) is 0 Å². The van der Waals surface area contributed by atoms with Crippen molar-refractivity contribution < 1.29 is 53.3 Å². The normalized spacial score (nSPS) is 9.91. The van der Waals surface area contributed by atoms with Crippen molar-refractivity contribution >= 4 is 43.3 Å². The van der Waals surface area contributed by atoms with Crippen LogP contribution in [0.1, 0.15) is 69.1 Å². The first kappa shape index (κ1) is 38.9. The molecule has 0 N–H and O–H groups in total. The molecule has 15 heteroatoms. The Bertz CT molecular complexity index is 1410. The van der Waals surface area contributed by atoms with Crippen LogP contribution in [0.5, 0.6) is 0 Å². The van der Waals surface area contributed by atoms with Crippen LogP contribution in [0, 0.1) is 0 Å². The number of rotatable bonds is 10. The van der Waals surface area contributed by atoms with E-state index in [2.05, 4.69) is 19.9 Å². The van der Waals surface area contributed by atoms with Crippen molar-refractivity contribution in [2.24, 2.45) is 0 Å². The van der Waals surface area contributed by atoms with Crippen molar-refractivity contribution in [3.8, 4) is 22.8 Å². The molecule has 250 valence electrons. The molecule has 0 atom stereocenters. The van der Waals surface area contributed by atoms with Crippen molar-refractivity contribution in [2.75, 3.05) is 26.4 Å². The summed E-state index contributed by atoms with van der Waals surface area (Å²) < 4.78 is 19.8. The van der Waals surface area contributed by atoms with Gasteiger partial charge in [0, 0.05) is 24.8 Å². The molecule has 0 bridgehead atoms. The van der Waals surface area contributed by atoms with Gasteiger partial charge in [0.2, 0.25) is 0 Å². The Morgan fingerprint density at radius 3 is 0.851 bits per heavy atom. The van der Waals surface area contributed by atoms with E-state index in [1.54, 1.807) is 76.2 Å². The molecule has 0 spiro atoms. The Kier molecular flexibility index (Phi) is 17.8. The summed E-state index contributed by atoms with van der Waals surface area (Å²) in [5.74, 6) is -1.69. The van der Waals surface area contributed by atoms with Gasteiger partial charge < -0.3 is 18.9 Å². The number of hydrogen-bond acceptors (Lipinski definition) is 12. The second-order valence-electron chi connectivity index (χ2n) is 8.65. The SMILES string of the molecule is CCOC(=O)c1ccnc(-c2cc(C(=O)OCC)ccn2)c1.CCOC(=O)c1ccnc(-c2cc(C(=O)OCC)ccn2)c1.[Cl][Ru][Cl]. The van der Waals surface area contributed by atoms with Crippen molar-refractivity contribution in [1.82, 2.24) is 19.9 Å². The Labute approximate surface area is 287 Å². The van der Waals surface area contributed by atoms with Crippen LogP contribution in [-0.4, -0.2) is 70.2 Å². The molecule has 0 aliphatic heterocycles. The third-order valence-corrected chi connectivity index (χ3v) is 5.61. The van der Waals surface area contributed by atoms with E-state index >= 15 is 0 Å². The Balaban J connectivity index is 0.000000302. The van der Waals surface area contributed by atoms with Crippen LogP contribution < -0.4 is 0 Å². The molecule has 0 aliphatic carbocycles. The first-order valence-corrected chi connectivity index (χ1v) is 18.6. The van der Waals surface area contributed by atoms with E-state index in [1.807, 2.05) is 0 Å². The number of nitrogens with zero attached hydrogens (tertiary/aromatic N) is 4. The van der Waals surface area contributed by atoms with E-state index in [0.717, 1.165) is 0 Å². The molecule has 0 radical (unpaired) electrons. The molecule has 4 aromatic heterocycles. The van der Waals surface area contributed by atoms with Gasteiger partial charge in [0.1, 0.15) is 0 Å². The van der Waals surface area contributed by atoms with E-state index < -0.39 is 23.9 Å². The number of aromatic nitrogens is 4. The zero-order valence-corrected chi connectivity index (χ0v) is 29.2. The van der Waals surface area contributed by atoms with Crippen LogP contribution in [0.3, 0.4) is 0 Å². The summed E-state index contributed by atoms with van der Waals surface area (Å²) in [6, 6.07) is 12.6. The summed E-state index contributed by atoms with van der Waals surface area (Å²) in [7, 11) is 9.71. The summed E-state index contributed by atoms with van der Waals surface area (Å²) in [5, 5.41) is 0. The molecular weight excluding hydrogens is 740 g/mol. The van der Waals surface area contributed by atoms with Crippen LogP contribution in [0.4, 0.5) is 0 Å². The van der Waals surface area contributed by atoms with Crippen molar-refractivity contribution in [3.05, 3.63) is 95.6 Å². The minimum absolute atomic E-state index is 0.299. The summed E-state index contributed by atoms with van der Waals surface area (Å²) in [6.45, 7) is 8.16. The summed E-state index contributed by atoms with van der Waals surface area (Å²) >= 11 is -0.346. The van der Waals surface area contributed by atoms with Crippen molar-refractivity contribution in [2.45, 2.75) is 27.7 Å². The maximum absolute atomic E-state index is 11.7. The van der Waals surface area contributed by atoms with Crippen LogP contribution in [0.25, 0.3) is 22.8 Å². The Hall–Kier alpha value is -4.32. The first-order valence-electron chi connectivity index (χ1n) is 14.1. The molecule has 4 heterocycles. The zero-order valence-electron chi connectivity index (χ0n) is 25.9. The Morgan fingerprint density at radius 2 is 0.681 bits per heavy atom. The fourth-order valence-electron chi connectivity index (χ4n) is 3.65. The van der Waals surface area contributed by atoms with Gasteiger partial charge in [-0.2, -0.15) is 0 Å². The molecule has 47 heavy (non-hydrogen) atoms. The molecule has 0 saturated carbocycles. The number of pyridine rings is 4. The van der Waals surface area contributed by atoms with Gasteiger partial charge in [0.25, 0.3) is 0 Å². The van der Waals surface area contributed by atoms with Crippen LogP contribution in [0.2, 0.25) is 0 Å². The van der Waals surface area contributed by atoms with E-state index in [-0.39, 0.29) is 15.1 Å². The van der Waals surface area contributed by atoms with Crippen LogP contribution in [0.15, 0.2) is 73.3 Å². The second kappa shape index (κ2) is 21.5. The molecule has 0 unspecified atom stereocenters. The fraction of sp³-hybridized carbons (Fsp3) is 0.250. The first-order chi connectivity index (χ1) is 22.7. The van der Waals surface area contributed by atoms with Gasteiger partial charge >= 0.3 is 58.4 Å². The number of carbonyl (C=O) groups excluding carboxylic acids is 4. The molecule has 4 rings (SSSR count). The predicted molar refractivity (Wildman–Crippen MR) is 170 cm³/mol. The molecule has 0 aliphatic rings. The van der Waals surface area contributed by atoms with Gasteiger partial charge in [-0.15, -0.1) is 0 Å². The monoisotopic (exact) mass is 772 g/mol. The second-order valence-corrected chi connectivity index (χ2v) is 11.3. The van der Waals surface area contributed by atoms with Crippen molar-refractivity contribution in [1.29, 1.82) is 0 Å². The van der Waals surface area contributed by atoms with Gasteiger partial charge in [0.05, 0.1) is 71.5 Å². The van der Waals surface area contributed by atoms with E-state index in [0.29, 0.717) is 71.5 Å². The number of halogens is 2. The van der Waals surface area contributed by atoms with Gasteiger partial charge in [-0.1, -0.05) is 0 Å². The quantitative estimate of drug-likeness (QED) is 0.0999. The predicted octanol–water partition coefficient (Wildman–Crippen LogP) is 6.37. The molecule has 4 aromatic rings. The average molecular weight is 773 g/mol. The van der Waals surface area contributed by atoms with Gasteiger partial charge in [-0.3, -0.25) is 19.9 Å². The molecular formula is C32H32Cl2N4O8Ru. The summed E-state index contributed by atoms with van der Waals surface area (Å²) in [6.07, 6.45) is 6.00. The number of ether oxygens (including phenoxy) is 4. The third-order valence-electron chi connectivity index (χ3n) is 5.61. The van der Waals surface area contributed by atoms with Crippen LogP contribution >= 0.6 is 19.4 Å². The van der Waals surface area contributed by atoms with Crippen LogP contribution in [-0.2, 0) is 34.1 Å². The van der Waals surface area contributed by atoms with Crippen molar-refractivity contribution in [3.63, 3.8) is 0 Å². The molecule has 0 saturated heterocycles. The summed E-state index contributed by atoms with van der Waals surface area (Å²) in [4.78, 5) is 63.7. The van der Waals surface area contributed by atoms with Gasteiger partial charge in [-0.05, 0) is 76.2 Å². The third kappa shape index (κ3) is 12.8. The Morgan fingerprint density at radius 1 is 0.489 bits per heavy atom. The zero-order chi connectivity index (χ0) is 34.6. The molecule has 0 fully saturated rings. The van der Waals surface area contributed by atoms with E-state index in [1.165, 1.54) is 24.8 Å². The average Bonchev–Trinajstić information content (AvgIpc) is 3.09. The summed E-state index contributed by atoms with van der Waals surface area (Å²) in [5.41, 5.74) is 3.47. The number of hydrogen-bond donors (Lipinski definition) is 0. The fourth-order valence-corrected chi connectivity index (χ4v) is 3.65. The molecule has 0 aromatic carbocycles. The van der Waals surface area contributed by atoms with Gasteiger partial charge in [-0.25, -0.2) is 19.2 Å². The standard InChI is InChI=1S/2C16H16N2O4.2ClH.Ru/c2*1-3-21-15(19)11-5-7-17-13(9-11)14-10-12(6-8-18-14)16(20)22-4-2;;;/h2*5-10H,3-4H2,1-2H3;2*1H;/q;;;;+2/p-2. The minimum atomic E-state index is -0.423. The van der Waals surface area contributed by atoms with E-state index in [9.17, 15) is 19.2 Å². The number of esters is 4. The maximum atomic E-state index is 11.7. The molecule has 0 amide bonds. The number of carbonyl (C=O) groups is 4. The van der Waals surface area contributed by atoms with E-state index in [4.69, 9.17) is 38.3 Å². The topological polar surface area (TPSA) is 157 Å².